The summed E-state index contributed by atoms with van der Waals surface area (Å²) in [6.45, 7) is 3.67. The van der Waals surface area contributed by atoms with Crippen LogP contribution in [0.5, 0.6) is 0 Å². The third kappa shape index (κ3) is 3.08. The van der Waals surface area contributed by atoms with Crippen LogP contribution in [0, 0.1) is 5.41 Å². The van der Waals surface area contributed by atoms with E-state index in [1.165, 1.54) is 0 Å². The summed E-state index contributed by atoms with van der Waals surface area (Å²) >= 11 is 0. The number of anilines is 2. The topological polar surface area (TPSA) is 87.1 Å². The molecule has 5 heteroatoms. The Morgan fingerprint density at radius 2 is 2.19 bits per heavy atom. The maximum absolute atomic E-state index is 7.84. The SMILES string of the molecule is C/C=C1/C=CC(Nc2nccc(N)c2C(C)=N)=CC1=NC. The van der Waals surface area contributed by atoms with E-state index in [9.17, 15) is 0 Å². The second kappa shape index (κ2) is 6.17. The van der Waals surface area contributed by atoms with Gasteiger partial charge in [0.15, 0.2) is 0 Å². The Labute approximate surface area is 124 Å². The van der Waals surface area contributed by atoms with Crippen LogP contribution in [-0.4, -0.2) is 23.5 Å². The first-order chi connectivity index (χ1) is 10.1. The van der Waals surface area contributed by atoms with Crippen LogP contribution in [0.2, 0.25) is 0 Å². The van der Waals surface area contributed by atoms with E-state index < -0.39 is 0 Å². The molecule has 1 aromatic heterocycles. The van der Waals surface area contributed by atoms with Crippen molar-refractivity contribution >= 4 is 22.9 Å². The third-order valence-electron chi connectivity index (χ3n) is 3.20. The molecule has 1 aromatic rings. The predicted octanol–water partition coefficient (Wildman–Crippen LogP) is 2.93. The van der Waals surface area contributed by atoms with Crippen LogP contribution in [0.3, 0.4) is 0 Å². The van der Waals surface area contributed by atoms with Gasteiger partial charge in [-0.15, -0.1) is 0 Å². The third-order valence-corrected chi connectivity index (χ3v) is 3.20. The molecule has 0 aliphatic heterocycles. The van der Waals surface area contributed by atoms with Gasteiger partial charge in [0.25, 0.3) is 0 Å². The first-order valence-corrected chi connectivity index (χ1v) is 6.67. The number of allylic oxidation sites excluding steroid dienone is 5. The van der Waals surface area contributed by atoms with Gasteiger partial charge in [-0.3, -0.25) is 4.99 Å². The minimum absolute atomic E-state index is 0.377. The Balaban J connectivity index is 2.37. The van der Waals surface area contributed by atoms with E-state index in [0.717, 1.165) is 17.0 Å². The van der Waals surface area contributed by atoms with Gasteiger partial charge in [-0.1, -0.05) is 12.2 Å². The van der Waals surface area contributed by atoms with Gasteiger partial charge < -0.3 is 16.5 Å². The number of hydrogen-bond donors (Lipinski definition) is 3. The molecule has 0 atom stereocenters. The van der Waals surface area contributed by atoms with Crippen molar-refractivity contribution in [3.8, 4) is 0 Å². The summed E-state index contributed by atoms with van der Waals surface area (Å²) in [5, 5.41) is 11.1. The van der Waals surface area contributed by atoms with Crippen molar-refractivity contribution in [2.45, 2.75) is 13.8 Å². The van der Waals surface area contributed by atoms with Crippen molar-refractivity contribution in [1.82, 2.24) is 4.98 Å². The van der Waals surface area contributed by atoms with E-state index in [0.29, 0.717) is 22.8 Å². The number of nitrogens with zero attached hydrogens (tertiary/aromatic N) is 2. The first-order valence-electron chi connectivity index (χ1n) is 6.67. The number of nitrogens with one attached hydrogen (secondary N) is 2. The molecule has 0 fully saturated rings. The molecule has 1 aliphatic carbocycles. The number of aliphatic imine (C=N–C) groups is 1. The molecule has 21 heavy (non-hydrogen) atoms. The first kappa shape index (κ1) is 14.7. The molecule has 0 saturated heterocycles. The summed E-state index contributed by atoms with van der Waals surface area (Å²) in [5.74, 6) is 0.581. The minimum atomic E-state index is 0.377. The van der Waals surface area contributed by atoms with Crippen molar-refractivity contribution in [3.63, 3.8) is 0 Å². The van der Waals surface area contributed by atoms with Gasteiger partial charge in [-0.2, -0.15) is 0 Å². The predicted molar refractivity (Wildman–Crippen MR) is 89.1 cm³/mol. The lowest BCUT2D eigenvalue weighted by atomic mass is 10.0. The van der Waals surface area contributed by atoms with Gasteiger partial charge in [-0.25, -0.2) is 4.98 Å². The Morgan fingerprint density at radius 3 is 2.81 bits per heavy atom. The van der Waals surface area contributed by atoms with Crippen molar-refractivity contribution in [3.05, 3.63) is 53.4 Å². The summed E-state index contributed by atoms with van der Waals surface area (Å²) in [6, 6.07) is 1.69. The average molecular weight is 281 g/mol. The van der Waals surface area contributed by atoms with Gasteiger partial charge in [-0.05, 0) is 37.6 Å². The molecule has 0 aromatic carbocycles. The second-order valence-electron chi connectivity index (χ2n) is 4.66. The van der Waals surface area contributed by atoms with Crippen LogP contribution in [0.4, 0.5) is 11.5 Å². The van der Waals surface area contributed by atoms with Crippen LogP contribution in [0.1, 0.15) is 19.4 Å². The molecule has 0 amide bonds. The number of nitrogens with two attached hydrogens (primary N) is 1. The number of nitrogen functional groups attached to an aromatic ring is 1. The molecule has 108 valence electrons. The minimum Gasteiger partial charge on any atom is -0.398 e. The zero-order chi connectivity index (χ0) is 15.4. The Kier molecular flexibility index (Phi) is 4.33. The fourth-order valence-electron chi connectivity index (χ4n) is 2.16. The molecular weight excluding hydrogens is 262 g/mol. The highest BCUT2D eigenvalue weighted by Gasteiger charge is 2.13. The molecule has 4 N–H and O–H groups in total. The van der Waals surface area contributed by atoms with E-state index >= 15 is 0 Å². The van der Waals surface area contributed by atoms with E-state index in [1.54, 1.807) is 26.2 Å². The largest absolute Gasteiger partial charge is 0.398 e. The number of aromatic nitrogens is 1. The summed E-state index contributed by atoms with van der Waals surface area (Å²) in [5.41, 5.74) is 10.3. The lowest BCUT2D eigenvalue weighted by Gasteiger charge is -2.16. The van der Waals surface area contributed by atoms with Gasteiger partial charge in [0.2, 0.25) is 0 Å². The average Bonchev–Trinajstić information content (AvgIpc) is 2.46. The van der Waals surface area contributed by atoms with Gasteiger partial charge in [0, 0.05) is 30.3 Å². The number of rotatable bonds is 3. The Bertz CT molecular complexity index is 693. The molecular formula is C16H19N5. The molecule has 0 bridgehead atoms. The molecule has 1 aliphatic rings. The van der Waals surface area contributed by atoms with Crippen LogP contribution in [0.25, 0.3) is 0 Å². The van der Waals surface area contributed by atoms with E-state index in [4.69, 9.17) is 11.1 Å². The van der Waals surface area contributed by atoms with Crippen LogP contribution < -0.4 is 11.1 Å². The zero-order valence-electron chi connectivity index (χ0n) is 12.4. The van der Waals surface area contributed by atoms with Crippen molar-refractivity contribution in [1.29, 1.82) is 5.41 Å². The van der Waals surface area contributed by atoms with E-state index in [-0.39, 0.29) is 0 Å². The van der Waals surface area contributed by atoms with Gasteiger partial charge in [0.05, 0.1) is 11.3 Å². The fourth-order valence-corrected chi connectivity index (χ4v) is 2.16. The van der Waals surface area contributed by atoms with Crippen molar-refractivity contribution < 1.29 is 0 Å². The van der Waals surface area contributed by atoms with Gasteiger partial charge >= 0.3 is 0 Å². The lowest BCUT2D eigenvalue weighted by molar-refractivity contribution is 1.26. The monoisotopic (exact) mass is 281 g/mol. The molecule has 0 saturated carbocycles. The number of hydrogen-bond acceptors (Lipinski definition) is 5. The molecule has 2 rings (SSSR count). The van der Waals surface area contributed by atoms with Gasteiger partial charge in [0.1, 0.15) is 5.82 Å². The van der Waals surface area contributed by atoms with Crippen LogP contribution >= 0.6 is 0 Å². The zero-order valence-corrected chi connectivity index (χ0v) is 12.4. The smallest absolute Gasteiger partial charge is 0.141 e. The Morgan fingerprint density at radius 1 is 1.43 bits per heavy atom. The Hall–Kier alpha value is -2.69. The highest BCUT2D eigenvalue weighted by Crippen LogP contribution is 2.23. The highest BCUT2D eigenvalue weighted by molar-refractivity contribution is 6.12. The van der Waals surface area contributed by atoms with Crippen LogP contribution in [-0.2, 0) is 0 Å². The lowest BCUT2D eigenvalue weighted by Crippen LogP contribution is -2.12. The quantitative estimate of drug-likeness (QED) is 0.744. The standard InChI is InChI=1S/C16H19N5/c1-4-11-5-6-12(9-14(11)19-3)21-16-15(10(2)17)13(18)7-8-20-16/h4-9,17H,1-3H3,(H3,18,20,21)/b11-4-,17-10?,19-14?. The van der Waals surface area contributed by atoms with E-state index in [2.05, 4.69) is 15.3 Å². The number of pyridine rings is 1. The maximum atomic E-state index is 7.84. The highest BCUT2D eigenvalue weighted by atomic mass is 15.0. The van der Waals surface area contributed by atoms with Crippen LogP contribution in [0.15, 0.2) is 52.8 Å². The fraction of sp³-hybridized carbons (Fsp3) is 0.188. The normalized spacial score (nSPS) is 18.0. The molecule has 1 heterocycles. The summed E-state index contributed by atoms with van der Waals surface area (Å²) in [4.78, 5) is 8.54. The van der Waals surface area contributed by atoms with Crippen molar-refractivity contribution in [2.24, 2.45) is 4.99 Å². The molecule has 0 unspecified atom stereocenters. The summed E-state index contributed by atoms with van der Waals surface area (Å²) < 4.78 is 0. The summed E-state index contributed by atoms with van der Waals surface area (Å²) in [6.07, 6.45) is 9.54. The molecule has 0 spiro atoms. The summed E-state index contributed by atoms with van der Waals surface area (Å²) in [7, 11) is 1.76. The van der Waals surface area contributed by atoms with E-state index in [1.807, 2.05) is 31.2 Å². The molecule has 5 nitrogen and oxygen atoms in total. The maximum Gasteiger partial charge on any atom is 0.141 e. The molecule has 0 radical (unpaired) electrons. The second-order valence-corrected chi connectivity index (χ2v) is 4.66. The van der Waals surface area contributed by atoms with Crippen molar-refractivity contribution in [2.75, 3.05) is 18.1 Å².